The van der Waals surface area contributed by atoms with Crippen LogP contribution in [0.2, 0.25) is 5.02 Å². The van der Waals surface area contributed by atoms with Gasteiger partial charge in [-0.05, 0) is 48.2 Å². The third kappa shape index (κ3) is 5.02. The summed E-state index contributed by atoms with van der Waals surface area (Å²) in [5.74, 6) is 0.119. The molecule has 1 heterocycles. The number of hydrogen-bond acceptors (Lipinski definition) is 2. The molecule has 1 N–H and O–H groups in total. The first-order valence-corrected chi connectivity index (χ1v) is 12.5. The molecule has 0 saturated carbocycles. The summed E-state index contributed by atoms with van der Waals surface area (Å²) in [7, 11) is 0. The Bertz CT molecular complexity index is 1440. The largest absolute Gasteiger partial charge is 0.352 e. The smallest absolute Gasteiger partial charge is 0.252 e. The third-order valence-corrected chi connectivity index (χ3v) is 6.85. The number of amides is 1. The van der Waals surface area contributed by atoms with E-state index in [4.69, 9.17) is 16.6 Å². The number of para-hydroxylation sites is 1. The lowest BCUT2D eigenvalue weighted by Crippen LogP contribution is -2.27. The molecule has 0 aliphatic rings. The molecule has 0 aliphatic carbocycles. The van der Waals surface area contributed by atoms with Gasteiger partial charge in [-0.2, -0.15) is 0 Å². The van der Waals surface area contributed by atoms with Gasteiger partial charge in [0.1, 0.15) is 0 Å². The third-order valence-electron chi connectivity index (χ3n) is 6.60. The summed E-state index contributed by atoms with van der Waals surface area (Å²) in [4.78, 5) is 18.5. The summed E-state index contributed by atoms with van der Waals surface area (Å²) in [5, 5.41) is 4.72. The number of rotatable bonds is 7. The van der Waals surface area contributed by atoms with Gasteiger partial charge in [-0.25, -0.2) is 4.98 Å². The average molecular weight is 491 g/mol. The molecule has 178 valence electrons. The van der Waals surface area contributed by atoms with Crippen molar-refractivity contribution in [3.63, 3.8) is 0 Å². The van der Waals surface area contributed by atoms with Crippen LogP contribution in [0.1, 0.15) is 39.4 Å². The van der Waals surface area contributed by atoms with Crippen LogP contribution in [0.3, 0.4) is 0 Å². The SMILES string of the molecule is Cc1c(-c2ccc(Cl)cc2)nc2ccccc2c1C(=O)NCCC(c1ccccc1)c1ccccc1. The fraction of sp³-hybridized carbons (Fsp3) is 0.125. The molecular formula is C32H27ClN2O. The lowest BCUT2D eigenvalue weighted by molar-refractivity contribution is 0.0954. The van der Waals surface area contributed by atoms with Crippen molar-refractivity contribution in [2.75, 3.05) is 6.54 Å². The van der Waals surface area contributed by atoms with Crippen LogP contribution in [0.5, 0.6) is 0 Å². The number of fused-ring (bicyclic) bond motifs is 1. The van der Waals surface area contributed by atoms with Crippen molar-refractivity contribution in [3.8, 4) is 11.3 Å². The Morgan fingerprint density at radius 2 is 1.39 bits per heavy atom. The summed E-state index contributed by atoms with van der Waals surface area (Å²) < 4.78 is 0. The monoisotopic (exact) mass is 490 g/mol. The van der Waals surface area contributed by atoms with Gasteiger partial charge in [0.05, 0.1) is 16.8 Å². The Morgan fingerprint density at radius 1 is 0.806 bits per heavy atom. The lowest BCUT2D eigenvalue weighted by atomic mass is 9.88. The maximum atomic E-state index is 13.6. The van der Waals surface area contributed by atoms with E-state index in [0.29, 0.717) is 17.1 Å². The maximum absolute atomic E-state index is 13.6. The number of hydrogen-bond donors (Lipinski definition) is 1. The van der Waals surface area contributed by atoms with E-state index in [1.54, 1.807) is 0 Å². The highest BCUT2D eigenvalue weighted by Gasteiger charge is 2.20. The van der Waals surface area contributed by atoms with E-state index >= 15 is 0 Å². The molecular weight excluding hydrogens is 464 g/mol. The van der Waals surface area contributed by atoms with Crippen LogP contribution in [0.15, 0.2) is 109 Å². The molecule has 4 heteroatoms. The normalized spacial score (nSPS) is 11.1. The minimum Gasteiger partial charge on any atom is -0.352 e. The van der Waals surface area contributed by atoms with E-state index in [0.717, 1.165) is 34.1 Å². The molecule has 0 radical (unpaired) electrons. The van der Waals surface area contributed by atoms with Crippen LogP contribution in [0.25, 0.3) is 22.2 Å². The average Bonchev–Trinajstić information content (AvgIpc) is 2.92. The Labute approximate surface area is 216 Å². The fourth-order valence-corrected chi connectivity index (χ4v) is 4.93. The molecule has 1 amide bonds. The first-order valence-electron chi connectivity index (χ1n) is 12.1. The van der Waals surface area contributed by atoms with Crippen molar-refractivity contribution in [1.29, 1.82) is 0 Å². The van der Waals surface area contributed by atoms with Gasteiger partial charge in [-0.15, -0.1) is 0 Å². The fourth-order valence-electron chi connectivity index (χ4n) is 4.80. The molecule has 5 rings (SSSR count). The van der Waals surface area contributed by atoms with Crippen LogP contribution in [0, 0.1) is 6.92 Å². The van der Waals surface area contributed by atoms with Gasteiger partial charge >= 0.3 is 0 Å². The standard InChI is InChI=1S/C32H27ClN2O/c1-22-30(28-14-8-9-15-29(28)35-31(22)25-16-18-26(33)19-17-25)32(36)34-21-20-27(23-10-4-2-5-11-23)24-12-6-3-7-13-24/h2-19,27H,20-21H2,1H3,(H,34,36). The Kier molecular flexibility index (Phi) is 7.11. The van der Waals surface area contributed by atoms with E-state index in [1.165, 1.54) is 11.1 Å². The quantitative estimate of drug-likeness (QED) is 0.252. The summed E-state index contributed by atoms with van der Waals surface area (Å²) in [6.07, 6.45) is 0.797. The zero-order chi connectivity index (χ0) is 24.9. The molecule has 0 atom stereocenters. The van der Waals surface area contributed by atoms with E-state index < -0.39 is 0 Å². The van der Waals surface area contributed by atoms with E-state index in [-0.39, 0.29) is 11.8 Å². The summed E-state index contributed by atoms with van der Waals surface area (Å²) in [6.45, 7) is 2.52. The molecule has 5 aromatic rings. The highest BCUT2D eigenvalue weighted by Crippen LogP contribution is 2.31. The van der Waals surface area contributed by atoms with Crippen molar-refractivity contribution >= 4 is 28.4 Å². The maximum Gasteiger partial charge on any atom is 0.252 e. The molecule has 3 nitrogen and oxygen atoms in total. The van der Waals surface area contributed by atoms with Gasteiger partial charge in [-0.3, -0.25) is 4.79 Å². The van der Waals surface area contributed by atoms with E-state index in [9.17, 15) is 4.79 Å². The lowest BCUT2D eigenvalue weighted by Gasteiger charge is -2.19. The minimum atomic E-state index is -0.0822. The molecule has 0 saturated heterocycles. The first-order chi connectivity index (χ1) is 17.6. The van der Waals surface area contributed by atoms with Crippen LogP contribution in [0.4, 0.5) is 0 Å². The van der Waals surface area contributed by atoms with Gasteiger partial charge in [0.15, 0.2) is 0 Å². The second-order valence-corrected chi connectivity index (χ2v) is 9.34. The summed E-state index contributed by atoms with van der Waals surface area (Å²) in [5.41, 5.74) is 6.54. The van der Waals surface area contributed by atoms with Gasteiger partial charge < -0.3 is 5.32 Å². The number of carbonyl (C=O) groups excluding carboxylic acids is 1. The number of pyridine rings is 1. The second kappa shape index (κ2) is 10.8. The zero-order valence-corrected chi connectivity index (χ0v) is 20.9. The molecule has 0 aliphatic heterocycles. The molecule has 0 fully saturated rings. The first kappa shape index (κ1) is 23.8. The van der Waals surface area contributed by atoms with Crippen molar-refractivity contribution in [2.45, 2.75) is 19.3 Å². The van der Waals surface area contributed by atoms with Crippen LogP contribution in [-0.4, -0.2) is 17.4 Å². The predicted molar refractivity (Wildman–Crippen MR) is 149 cm³/mol. The molecule has 0 unspecified atom stereocenters. The number of nitrogens with one attached hydrogen (secondary N) is 1. The van der Waals surface area contributed by atoms with Crippen LogP contribution >= 0.6 is 11.6 Å². The Morgan fingerprint density at radius 3 is 2.03 bits per heavy atom. The molecule has 4 aromatic carbocycles. The summed E-state index contributed by atoms with van der Waals surface area (Å²) in [6, 6.07) is 36.3. The van der Waals surface area contributed by atoms with Crippen LogP contribution in [-0.2, 0) is 0 Å². The molecule has 36 heavy (non-hydrogen) atoms. The highest BCUT2D eigenvalue weighted by molar-refractivity contribution is 6.30. The number of nitrogens with zero attached hydrogens (tertiary/aromatic N) is 1. The Balaban J connectivity index is 1.44. The molecule has 0 spiro atoms. The highest BCUT2D eigenvalue weighted by atomic mass is 35.5. The zero-order valence-electron chi connectivity index (χ0n) is 20.1. The predicted octanol–water partition coefficient (Wildman–Crippen LogP) is 7.82. The molecule has 0 bridgehead atoms. The minimum absolute atomic E-state index is 0.0822. The van der Waals surface area contributed by atoms with E-state index in [2.05, 4.69) is 53.8 Å². The number of aromatic nitrogens is 1. The Hall–Kier alpha value is -3.95. The second-order valence-electron chi connectivity index (χ2n) is 8.90. The van der Waals surface area contributed by atoms with Crippen molar-refractivity contribution in [3.05, 3.63) is 136 Å². The van der Waals surface area contributed by atoms with Crippen LogP contribution < -0.4 is 5.32 Å². The van der Waals surface area contributed by atoms with Gasteiger partial charge in [0, 0.05) is 28.4 Å². The van der Waals surface area contributed by atoms with Gasteiger partial charge in [-0.1, -0.05) is 103 Å². The van der Waals surface area contributed by atoms with Gasteiger partial charge in [0.25, 0.3) is 5.91 Å². The van der Waals surface area contributed by atoms with Crippen molar-refractivity contribution in [1.82, 2.24) is 10.3 Å². The van der Waals surface area contributed by atoms with Crippen molar-refractivity contribution < 1.29 is 4.79 Å². The van der Waals surface area contributed by atoms with E-state index in [1.807, 2.05) is 67.6 Å². The number of halogens is 1. The van der Waals surface area contributed by atoms with Gasteiger partial charge in [0.2, 0.25) is 0 Å². The number of benzene rings is 4. The topological polar surface area (TPSA) is 42.0 Å². The van der Waals surface area contributed by atoms with Crippen molar-refractivity contribution in [2.24, 2.45) is 0 Å². The molecule has 1 aromatic heterocycles. The number of carbonyl (C=O) groups is 1. The summed E-state index contributed by atoms with van der Waals surface area (Å²) >= 11 is 6.10.